The molecule has 0 bridgehead atoms. The molecule has 1 heterocycles. The summed E-state index contributed by atoms with van der Waals surface area (Å²) in [5.74, 6) is -1.14. The first-order chi connectivity index (χ1) is 8.00. The maximum atomic E-state index is 11.3. The third kappa shape index (κ3) is 1.87. The van der Waals surface area contributed by atoms with Gasteiger partial charge in [-0.15, -0.1) is 0 Å². The Kier molecular flexibility index (Phi) is 2.60. The van der Waals surface area contributed by atoms with Gasteiger partial charge < -0.3 is 5.11 Å². The number of nitrogens with zero attached hydrogens (tertiary/aromatic N) is 1. The fourth-order valence-corrected chi connectivity index (χ4v) is 1.62. The first kappa shape index (κ1) is 11.2. The lowest BCUT2D eigenvalue weighted by Gasteiger charge is -2.03. The van der Waals surface area contributed by atoms with Crippen LogP contribution in [-0.4, -0.2) is 25.8 Å². The van der Waals surface area contributed by atoms with Gasteiger partial charge in [0.1, 0.15) is 0 Å². The highest BCUT2D eigenvalue weighted by Crippen LogP contribution is 2.19. The smallest absolute Gasteiger partial charge is 0.349 e. The van der Waals surface area contributed by atoms with Gasteiger partial charge >= 0.3 is 17.3 Å². The van der Waals surface area contributed by atoms with Crippen molar-refractivity contribution >= 4 is 17.6 Å². The Labute approximate surface area is 98.3 Å². The van der Waals surface area contributed by atoms with E-state index in [-0.39, 0.29) is 16.3 Å². The average molecular weight is 256 g/mol. The monoisotopic (exact) mass is 255 g/mol. The van der Waals surface area contributed by atoms with Gasteiger partial charge in [-0.05, 0) is 18.2 Å². The van der Waals surface area contributed by atoms with E-state index in [1.54, 1.807) is 0 Å². The minimum absolute atomic E-state index is 0.00269. The van der Waals surface area contributed by atoms with Crippen LogP contribution < -0.4 is 11.4 Å². The highest BCUT2D eigenvalue weighted by atomic mass is 35.5. The topological polar surface area (TPSA) is 108 Å². The van der Waals surface area contributed by atoms with E-state index >= 15 is 0 Å². The fourth-order valence-electron chi connectivity index (χ4n) is 1.35. The van der Waals surface area contributed by atoms with Gasteiger partial charge in [0.05, 0.1) is 16.3 Å². The van der Waals surface area contributed by atoms with Crippen LogP contribution in [0.25, 0.3) is 5.69 Å². The molecule has 0 unspecified atom stereocenters. The van der Waals surface area contributed by atoms with E-state index in [1.807, 2.05) is 0 Å². The molecule has 1 aromatic heterocycles. The Morgan fingerprint density at radius 3 is 2.29 bits per heavy atom. The van der Waals surface area contributed by atoms with Crippen molar-refractivity contribution in [3.05, 3.63) is 49.8 Å². The van der Waals surface area contributed by atoms with Gasteiger partial charge in [0.2, 0.25) is 0 Å². The zero-order valence-corrected chi connectivity index (χ0v) is 8.99. The number of nitrogens with one attached hydrogen (secondary N) is 2. The van der Waals surface area contributed by atoms with E-state index in [9.17, 15) is 14.4 Å². The van der Waals surface area contributed by atoms with Crippen molar-refractivity contribution in [2.45, 2.75) is 0 Å². The van der Waals surface area contributed by atoms with Crippen LogP contribution in [0.5, 0.6) is 0 Å². The van der Waals surface area contributed by atoms with Gasteiger partial charge in [-0.3, -0.25) is 0 Å². The number of H-pyrrole nitrogens is 2. The third-order valence-electron chi connectivity index (χ3n) is 2.12. The molecule has 0 aliphatic heterocycles. The van der Waals surface area contributed by atoms with Crippen molar-refractivity contribution in [1.82, 2.24) is 14.8 Å². The van der Waals surface area contributed by atoms with Crippen LogP contribution in [0.4, 0.5) is 0 Å². The molecule has 0 aliphatic carbocycles. The maximum absolute atomic E-state index is 11.3. The number of benzene rings is 1. The number of carboxylic acids is 1. The van der Waals surface area contributed by atoms with E-state index in [0.29, 0.717) is 0 Å². The first-order valence-electron chi connectivity index (χ1n) is 4.43. The molecular weight excluding hydrogens is 250 g/mol. The van der Waals surface area contributed by atoms with E-state index < -0.39 is 17.3 Å². The van der Waals surface area contributed by atoms with Gasteiger partial charge in [-0.1, -0.05) is 11.6 Å². The van der Waals surface area contributed by atoms with Crippen LogP contribution in [-0.2, 0) is 0 Å². The SMILES string of the molecule is O=C(O)c1ccc(-n2c(=O)[nH][nH]c2=O)c(Cl)c1. The van der Waals surface area contributed by atoms with Gasteiger partial charge in [0.25, 0.3) is 0 Å². The number of aromatic amines is 2. The number of hydrogen-bond donors (Lipinski definition) is 3. The third-order valence-corrected chi connectivity index (χ3v) is 2.42. The average Bonchev–Trinajstić information content (AvgIpc) is 2.59. The molecule has 0 radical (unpaired) electrons. The highest BCUT2D eigenvalue weighted by molar-refractivity contribution is 6.32. The normalized spacial score (nSPS) is 10.4. The Bertz CT molecular complexity index is 669. The lowest BCUT2D eigenvalue weighted by Crippen LogP contribution is -2.24. The molecule has 2 aromatic rings. The number of rotatable bonds is 2. The summed E-state index contributed by atoms with van der Waals surface area (Å²) in [6.45, 7) is 0. The maximum Gasteiger partial charge on any atom is 0.349 e. The van der Waals surface area contributed by atoms with Crippen LogP contribution in [0.3, 0.4) is 0 Å². The Morgan fingerprint density at radius 1 is 1.24 bits per heavy atom. The predicted octanol–water partition coefficient (Wildman–Crippen LogP) is 0.205. The lowest BCUT2D eigenvalue weighted by atomic mass is 10.2. The second-order valence-corrected chi connectivity index (χ2v) is 3.57. The zero-order chi connectivity index (χ0) is 12.6. The van der Waals surface area contributed by atoms with Crippen LogP contribution in [0, 0.1) is 0 Å². The molecular formula is C9H6ClN3O4. The quantitative estimate of drug-likeness (QED) is 0.712. The standard InChI is InChI=1S/C9H6ClN3O4/c10-5-3-4(7(14)15)1-2-6(5)13-8(16)11-12-9(13)17/h1-3H,(H,11,16)(H,12,17)(H,14,15). The molecule has 0 fully saturated rings. The Balaban J connectivity index is 2.67. The predicted molar refractivity (Wildman–Crippen MR) is 59.0 cm³/mol. The van der Waals surface area contributed by atoms with E-state index in [1.165, 1.54) is 12.1 Å². The largest absolute Gasteiger partial charge is 0.478 e. The van der Waals surface area contributed by atoms with Gasteiger partial charge in [0, 0.05) is 0 Å². The number of aromatic nitrogens is 3. The Hall–Kier alpha value is -2.28. The second-order valence-electron chi connectivity index (χ2n) is 3.17. The molecule has 8 heteroatoms. The summed E-state index contributed by atoms with van der Waals surface area (Å²) < 4.78 is 0.772. The molecule has 0 amide bonds. The summed E-state index contributed by atoms with van der Waals surface area (Å²) in [4.78, 5) is 33.3. The van der Waals surface area contributed by atoms with Crippen molar-refractivity contribution in [3.63, 3.8) is 0 Å². The van der Waals surface area contributed by atoms with Crippen LogP contribution in [0.15, 0.2) is 27.8 Å². The van der Waals surface area contributed by atoms with Gasteiger partial charge in [-0.2, -0.15) is 0 Å². The van der Waals surface area contributed by atoms with Crippen LogP contribution in [0.1, 0.15) is 10.4 Å². The molecule has 1 aromatic carbocycles. The number of carbonyl (C=O) groups is 1. The molecule has 0 aliphatic rings. The number of hydrogen-bond acceptors (Lipinski definition) is 3. The minimum Gasteiger partial charge on any atom is -0.478 e. The summed E-state index contributed by atoms with van der Waals surface area (Å²) >= 11 is 5.82. The zero-order valence-electron chi connectivity index (χ0n) is 8.23. The van der Waals surface area contributed by atoms with Crippen LogP contribution >= 0.6 is 11.6 Å². The first-order valence-corrected chi connectivity index (χ1v) is 4.81. The molecule has 0 spiro atoms. The molecule has 2 rings (SSSR count). The number of carboxylic acid groups (broad SMARTS) is 1. The summed E-state index contributed by atoms with van der Waals surface area (Å²) in [6, 6.07) is 3.71. The van der Waals surface area contributed by atoms with Crippen molar-refractivity contribution in [3.8, 4) is 5.69 Å². The second kappa shape index (κ2) is 3.95. The molecule has 7 nitrogen and oxygen atoms in total. The fraction of sp³-hybridized carbons (Fsp3) is 0. The van der Waals surface area contributed by atoms with E-state index in [2.05, 4.69) is 10.2 Å². The molecule has 0 saturated heterocycles. The molecule has 0 saturated carbocycles. The minimum atomic E-state index is -1.14. The summed E-state index contributed by atoms with van der Waals surface area (Å²) in [5.41, 5.74) is -1.28. The molecule has 88 valence electrons. The summed E-state index contributed by atoms with van der Waals surface area (Å²) in [5, 5.41) is 12.9. The number of aromatic carboxylic acids is 1. The van der Waals surface area contributed by atoms with Crippen molar-refractivity contribution in [1.29, 1.82) is 0 Å². The van der Waals surface area contributed by atoms with Crippen molar-refractivity contribution in [2.24, 2.45) is 0 Å². The summed E-state index contributed by atoms with van der Waals surface area (Å²) in [7, 11) is 0. The van der Waals surface area contributed by atoms with Crippen molar-refractivity contribution in [2.75, 3.05) is 0 Å². The molecule has 17 heavy (non-hydrogen) atoms. The number of halogens is 1. The van der Waals surface area contributed by atoms with Gasteiger partial charge in [0.15, 0.2) is 0 Å². The summed E-state index contributed by atoms with van der Waals surface area (Å²) in [6.07, 6.45) is 0. The van der Waals surface area contributed by atoms with E-state index in [4.69, 9.17) is 16.7 Å². The van der Waals surface area contributed by atoms with Crippen molar-refractivity contribution < 1.29 is 9.90 Å². The van der Waals surface area contributed by atoms with Gasteiger partial charge in [-0.25, -0.2) is 29.1 Å². The Morgan fingerprint density at radius 2 is 1.82 bits per heavy atom. The highest BCUT2D eigenvalue weighted by Gasteiger charge is 2.12. The molecule has 0 atom stereocenters. The molecule has 3 N–H and O–H groups in total. The van der Waals surface area contributed by atoms with Crippen LogP contribution in [0.2, 0.25) is 5.02 Å². The van der Waals surface area contributed by atoms with E-state index in [0.717, 1.165) is 10.6 Å². The lowest BCUT2D eigenvalue weighted by molar-refractivity contribution is 0.0697.